The van der Waals surface area contributed by atoms with Gasteiger partial charge in [-0.15, -0.1) is 0 Å². The Bertz CT molecular complexity index is 630. The average Bonchev–Trinajstić information content (AvgIpc) is 2.35. The summed E-state index contributed by atoms with van der Waals surface area (Å²) in [6.45, 7) is 0. The first-order valence-electron chi connectivity index (χ1n) is 5.49. The fourth-order valence-electron chi connectivity index (χ4n) is 1.58. The molecular weight excluding hydrogens is 483 g/mol. The highest BCUT2D eigenvalue weighted by molar-refractivity contribution is 14.1. The van der Waals surface area contributed by atoms with Gasteiger partial charge in [-0.2, -0.15) is 0 Å². The number of hydrogen-bond donors (Lipinski definition) is 0. The van der Waals surface area contributed by atoms with Gasteiger partial charge in [0.15, 0.2) is 5.78 Å². The number of carbonyl (C=O) groups is 1. The molecule has 0 N–H and O–H groups in total. The van der Waals surface area contributed by atoms with E-state index in [1.165, 1.54) is 0 Å². The standard InChI is InChI=1S/C15H9Br2IO/c16-12-6-10(7-13(17)9-12)4-5-15(19)11-2-1-3-14(18)8-11/h1-9H/b5-4+. The zero-order valence-corrected chi connectivity index (χ0v) is 15.1. The van der Waals surface area contributed by atoms with E-state index in [9.17, 15) is 4.79 Å². The molecule has 0 heterocycles. The van der Waals surface area contributed by atoms with E-state index in [-0.39, 0.29) is 5.78 Å². The van der Waals surface area contributed by atoms with E-state index in [0.717, 1.165) is 18.1 Å². The highest BCUT2D eigenvalue weighted by Crippen LogP contribution is 2.21. The molecule has 0 saturated heterocycles. The van der Waals surface area contributed by atoms with Crippen LogP contribution in [0.3, 0.4) is 0 Å². The molecule has 19 heavy (non-hydrogen) atoms. The minimum Gasteiger partial charge on any atom is -0.289 e. The Balaban J connectivity index is 2.20. The normalized spacial score (nSPS) is 10.9. The monoisotopic (exact) mass is 490 g/mol. The molecule has 2 aromatic carbocycles. The van der Waals surface area contributed by atoms with Gasteiger partial charge < -0.3 is 0 Å². The van der Waals surface area contributed by atoms with Crippen molar-refractivity contribution in [2.24, 2.45) is 0 Å². The lowest BCUT2D eigenvalue weighted by molar-refractivity contribution is 0.104. The molecule has 96 valence electrons. The third kappa shape index (κ3) is 4.54. The van der Waals surface area contributed by atoms with E-state index in [1.54, 1.807) is 6.08 Å². The second kappa shape index (κ2) is 6.81. The summed E-state index contributed by atoms with van der Waals surface area (Å²) >= 11 is 9.05. The van der Waals surface area contributed by atoms with Crippen molar-refractivity contribution in [1.82, 2.24) is 0 Å². The number of hydrogen-bond acceptors (Lipinski definition) is 1. The smallest absolute Gasteiger partial charge is 0.185 e. The number of rotatable bonds is 3. The molecular formula is C15H9Br2IO. The summed E-state index contributed by atoms with van der Waals surface area (Å²) in [7, 11) is 0. The summed E-state index contributed by atoms with van der Waals surface area (Å²) in [6.07, 6.45) is 3.41. The number of carbonyl (C=O) groups excluding carboxylic acids is 1. The Morgan fingerprint density at radius 3 is 2.37 bits per heavy atom. The van der Waals surface area contributed by atoms with Crippen molar-refractivity contribution in [3.8, 4) is 0 Å². The van der Waals surface area contributed by atoms with E-state index in [2.05, 4.69) is 54.5 Å². The number of ketones is 1. The minimum atomic E-state index is 0.00890. The quantitative estimate of drug-likeness (QED) is 0.305. The Morgan fingerprint density at radius 1 is 1.05 bits per heavy atom. The molecule has 0 fully saturated rings. The SMILES string of the molecule is O=C(/C=C/c1cc(Br)cc(Br)c1)c1cccc(I)c1. The zero-order chi connectivity index (χ0) is 13.8. The summed E-state index contributed by atoms with van der Waals surface area (Å²) in [6, 6.07) is 13.4. The van der Waals surface area contributed by atoms with Gasteiger partial charge in [-0.1, -0.05) is 50.1 Å². The lowest BCUT2D eigenvalue weighted by Crippen LogP contribution is -1.94. The van der Waals surface area contributed by atoms with Crippen molar-refractivity contribution in [3.63, 3.8) is 0 Å². The van der Waals surface area contributed by atoms with Crippen molar-refractivity contribution in [2.75, 3.05) is 0 Å². The maximum absolute atomic E-state index is 12.0. The first-order valence-corrected chi connectivity index (χ1v) is 8.15. The van der Waals surface area contributed by atoms with Gasteiger partial charge >= 0.3 is 0 Å². The summed E-state index contributed by atoms with van der Waals surface area (Å²) < 4.78 is 3.01. The van der Waals surface area contributed by atoms with Gasteiger partial charge in [-0.25, -0.2) is 0 Å². The van der Waals surface area contributed by atoms with Crippen molar-refractivity contribution < 1.29 is 4.79 Å². The fourth-order valence-corrected chi connectivity index (χ4v) is 3.45. The lowest BCUT2D eigenvalue weighted by atomic mass is 10.1. The van der Waals surface area contributed by atoms with Gasteiger partial charge in [0, 0.05) is 18.1 Å². The molecule has 0 aliphatic rings. The first kappa shape index (κ1) is 14.9. The predicted molar refractivity (Wildman–Crippen MR) is 94.4 cm³/mol. The molecule has 0 atom stereocenters. The third-order valence-electron chi connectivity index (χ3n) is 2.42. The maximum atomic E-state index is 12.0. The molecule has 0 spiro atoms. The molecule has 0 aliphatic carbocycles. The molecule has 2 aromatic rings. The van der Waals surface area contributed by atoms with Gasteiger partial charge in [-0.05, 0) is 64.6 Å². The van der Waals surface area contributed by atoms with Crippen molar-refractivity contribution in [3.05, 3.63) is 72.2 Å². The van der Waals surface area contributed by atoms with Crippen LogP contribution in [0.15, 0.2) is 57.5 Å². The van der Waals surface area contributed by atoms with Crippen molar-refractivity contribution in [2.45, 2.75) is 0 Å². The van der Waals surface area contributed by atoms with E-state index < -0.39 is 0 Å². The van der Waals surface area contributed by atoms with Crippen LogP contribution in [-0.4, -0.2) is 5.78 Å². The second-order valence-corrected chi connectivity index (χ2v) is 6.99. The highest BCUT2D eigenvalue weighted by Gasteiger charge is 2.02. The van der Waals surface area contributed by atoms with Crippen LogP contribution >= 0.6 is 54.5 Å². The third-order valence-corrected chi connectivity index (χ3v) is 4.01. The highest BCUT2D eigenvalue weighted by atomic mass is 127. The number of benzene rings is 2. The first-order chi connectivity index (χ1) is 9.04. The maximum Gasteiger partial charge on any atom is 0.185 e. The summed E-state index contributed by atoms with van der Waals surface area (Å²) in [4.78, 5) is 12.0. The second-order valence-electron chi connectivity index (χ2n) is 3.91. The predicted octanol–water partition coefficient (Wildman–Crippen LogP) is 5.71. The largest absolute Gasteiger partial charge is 0.289 e. The van der Waals surface area contributed by atoms with Crippen LogP contribution in [0, 0.1) is 3.57 Å². The molecule has 4 heteroatoms. The Kier molecular flexibility index (Phi) is 5.36. The van der Waals surface area contributed by atoms with E-state index >= 15 is 0 Å². The van der Waals surface area contributed by atoms with Crippen LogP contribution in [0.4, 0.5) is 0 Å². The van der Waals surface area contributed by atoms with Gasteiger partial charge in [0.05, 0.1) is 0 Å². The Labute approximate surface area is 142 Å². The lowest BCUT2D eigenvalue weighted by Gasteiger charge is -1.99. The molecule has 0 aromatic heterocycles. The van der Waals surface area contributed by atoms with Crippen molar-refractivity contribution >= 4 is 66.3 Å². The summed E-state index contributed by atoms with van der Waals surface area (Å²) in [5.41, 5.74) is 1.68. The van der Waals surface area contributed by atoms with Gasteiger partial charge in [0.2, 0.25) is 0 Å². The topological polar surface area (TPSA) is 17.1 Å². The van der Waals surface area contributed by atoms with E-state index in [0.29, 0.717) is 5.56 Å². The minimum absolute atomic E-state index is 0.00890. The molecule has 0 saturated carbocycles. The van der Waals surface area contributed by atoms with Gasteiger partial charge in [-0.3, -0.25) is 4.79 Å². The van der Waals surface area contributed by atoms with Crippen LogP contribution in [0.25, 0.3) is 6.08 Å². The van der Waals surface area contributed by atoms with Crippen LogP contribution in [0.5, 0.6) is 0 Å². The van der Waals surface area contributed by atoms with Gasteiger partial charge in [0.25, 0.3) is 0 Å². The molecule has 0 amide bonds. The van der Waals surface area contributed by atoms with Crippen LogP contribution < -0.4 is 0 Å². The Hall–Kier alpha value is -0.460. The van der Waals surface area contributed by atoms with E-state index in [1.807, 2.05) is 48.5 Å². The molecule has 1 nitrogen and oxygen atoms in total. The Morgan fingerprint density at radius 2 is 1.74 bits per heavy atom. The van der Waals surface area contributed by atoms with Crippen LogP contribution in [0.2, 0.25) is 0 Å². The average molecular weight is 492 g/mol. The molecule has 0 bridgehead atoms. The van der Waals surface area contributed by atoms with Crippen LogP contribution in [-0.2, 0) is 0 Å². The van der Waals surface area contributed by atoms with Crippen molar-refractivity contribution in [1.29, 1.82) is 0 Å². The fraction of sp³-hybridized carbons (Fsp3) is 0. The van der Waals surface area contributed by atoms with Gasteiger partial charge in [0.1, 0.15) is 0 Å². The molecule has 0 radical (unpaired) electrons. The molecule has 0 aliphatic heterocycles. The van der Waals surface area contributed by atoms with Crippen LogP contribution in [0.1, 0.15) is 15.9 Å². The molecule has 2 rings (SSSR count). The zero-order valence-electron chi connectivity index (χ0n) is 9.74. The summed E-state index contributed by atoms with van der Waals surface area (Å²) in [5.74, 6) is 0.00890. The molecule has 0 unspecified atom stereocenters. The summed E-state index contributed by atoms with van der Waals surface area (Å²) in [5, 5.41) is 0. The number of halogens is 3. The number of allylic oxidation sites excluding steroid dienone is 1. The van der Waals surface area contributed by atoms with E-state index in [4.69, 9.17) is 0 Å².